The van der Waals surface area contributed by atoms with E-state index in [2.05, 4.69) is 4.72 Å². The Labute approximate surface area is 148 Å². The molecule has 0 radical (unpaired) electrons. The molecule has 2 aromatic carbocycles. The zero-order chi connectivity index (χ0) is 18.4. The van der Waals surface area contributed by atoms with Gasteiger partial charge in [0.25, 0.3) is 0 Å². The summed E-state index contributed by atoms with van der Waals surface area (Å²) in [6.45, 7) is 1.99. The maximum atomic E-state index is 12.5. The Hall–Kier alpha value is -2.25. The number of hydrogen-bond donors (Lipinski definition) is 1. The van der Waals surface area contributed by atoms with Gasteiger partial charge in [0.05, 0.1) is 26.2 Å². The van der Waals surface area contributed by atoms with Crippen LogP contribution in [0.5, 0.6) is 17.2 Å². The lowest BCUT2D eigenvalue weighted by Gasteiger charge is -2.15. The van der Waals surface area contributed by atoms with Crippen LogP contribution in [0.4, 0.5) is 0 Å². The van der Waals surface area contributed by atoms with Gasteiger partial charge in [0, 0.05) is 18.2 Å². The molecule has 0 aliphatic rings. The van der Waals surface area contributed by atoms with Crippen LogP contribution in [0.1, 0.15) is 11.1 Å². The summed E-state index contributed by atoms with van der Waals surface area (Å²) in [4.78, 5) is 0.283. The third kappa shape index (κ3) is 4.43. The molecule has 25 heavy (non-hydrogen) atoms. The number of benzene rings is 2. The zero-order valence-electron chi connectivity index (χ0n) is 14.8. The molecular weight excluding hydrogens is 342 g/mol. The van der Waals surface area contributed by atoms with Gasteiger partial charge in [-0.25, -0.2) is 13.1 Å². The molecule has 0 aliphatic carbocycles. The first-order valence-corrected chi connectivity index (χ1v) is 9.25. The Balaban J connectivity index is 2.18. The zero-order valence-corrected chi connectivity index (χ0v) is 15.6. The van der Waals surface area contributed by atoms with E-state index in [1.54, 1.807) is 52.5 Å². The first kappa shape index (κ1) is 19.1. The van der Waals surface area contributed by atoms with Crippen LogP contribution in [-0.4, -0.2) is 36.3 Å². The van der Waals surface area contributed by atoms with Gasteiger partial charge in [0.2, 0.25) is 10.0 Å². The van der Waals surface area contributed by atoms with Crippen molar-refractivity contribution in [3.8, 4) is 17.2 Å². The van der Waals surface area contributed by atoms with E-state index < -0.39 is 10.0 Å². The molecule has 7 heteroatoms. The molecule has 1 N–H and O–H groups in total. The van der Waals surface area contributed by atoms with E-state index in [-0.39, 0.29) is 11.4 Å². The van der Waals surface area contributed by atoms with Crippen molar-refractivity contribution in [2.45, 2.75) is 18.2 Å². The quantitative estimate of drug-likeness (QED) is 0.778. The number of sulfonamides is 1. The molecule has 0 fully saturated rings. The van der Waals surface area contributed by atoms with E-state index in [0.29, 0.717) is 29.2 Å². The number of ether oxygens (including phenoxy) is 3. The predicted octanol–water partition coefficient (Wildman–Crippen LogP) is 2.54. The fourth-order valence-corrected chi connectivity index (χ4v) is 3.85. The van der Waals surface area contributed by atoms with Gasteiger partial charge < -0.3 is 14.2 Å². The van der Waals surface area contributed by atoms with Gasteiger partial charge in [0.15, 0.2) is 11.5 Å². The van der Waals surface area contributed by atoms with Crippen LogP contribution < -0.4 is 18.9 Å². The van der Waals surface area contributed by atoms with Crippen LogP contribution in [0, 0.1) is 6.92 Å². The normalized spacial score (nSPS) is 11.2. The molecule has 0 aromatic heterocycles. The molecule has 6 nitrogen and oxygen atoms in total. The highest BCUT2D eigenvalue weighted by molar-refractivity contribution is 7.89. The summed E-state index contributed by atoms with van der Waals surface area (Å²) in [7, 11) is 1.09. The first-order valence-electron chi connectivity index (χ1n) is 7.77. The van der Waals surface area contributed by atoms with Crippen molar-refractivity contribution < 1.29 is 22.6 Å². The van der Waals surface area contributed by atoms with E-state index in [9.17, 15) is 8.42 Å². The van der Waals surface area contributed by atoms with Gasteiger partial charge in [-0.05, 0) is 31.0 Å². The van der Waals surface area contributed by atoms with Crippen molar-refractivity contribution in [1.82, 2.24) is 4.72 Å². The average Bonchev–Trinajstić information content (AvgIpc) is 2.60. The summed E-state index contributed by atoms with van der Waals surface area (Å²) in [5, 5.41) is 0. The third-order valence-corrected chi connectivity index (χ3v) is 5.46. The molecule has 136 valence electrons. The number of rotatable bonds is 8. The molecule has 0 heterocycles. The molecule has 0 aliphatic heterocycles. The van der Waals surface area contributed by atoms with Crippen LogP contribution >= 0.6 is 0 Å². The molecule has 2 aromatic rings. The van der Waals surface area contributed by atoms with Crippen molar-refractivity contribution in [1.29, 1.82) is 0 Å². The second-order valence-electron chi connectivity index (χ2n) is 5.44. The Morgan fingerprint density at radius 3 is 2.32 bits per heavy atom. The van der Waals surface area contributed by atoms with Crippen molar-refractivity contribution in [2.75, 3.05) is 27.9 Å². The summed E-state index contributed by atoms with van der Waals surface area (Å²) in [6.07, 6.45) is 0.432. The van der Waals surface area contributed by atoms with Gasteiger partial charge in [-0.15, -0.1) is 0 Å². The lowest BCUT2D eigenvalue weighted by Crippen LogP contribution is -2.26. The lowest BCUT2D eigenvalue weighted by atomic mass is 10.1. The molecule has 0 atom stereocenters. The Morgan fingerprint density at radius 2 is 1.72 bits per heavy atom. The highest BCUT2D eigenvalue weighted by atomic mass is 32.2. The molecule has 0 saturated heterocycles. The minimum atomic E-state index is -3.57. The smallest absolute Gasteiger partial charge is 0.240 e. The fourth-order valence-electron chi connectivity index (χ4n) is 2.57. The number of methoxy groups -OCH3 is 3. The van der Waals surface area contributed by atoms with Crippen LogP contribution in [-0.2, 0) is 16.4 Å². The number of aryl methyl sites for hydroxylation is 1. The van der Waals surface area contributed by atoms with Crippen LogP contribution in [0.15, 0.2) is 41.3 Å². The van der Waals surface area contributed by atoms with Gasteiger partial charge >= 0.3 is 0 Å². The molecular formula is C18H23NO5S. The summed E-state index contributed by atoms with van der Waals surface area (Å²) < 4.78 is 43.5. The number of hydrogen-bond acceptors (Lipinski definition) is 5. The van der Waals surface area contributed by atoms with E-state index >= 15 is 0 Å². The molecule has 2 rings (SSSR count). The maximum absolute atomic E-state index is 12.5. The van der Waals surface area contributed by atoms with Gasteiger partial charge in [0.1, 0.15) is 5.75 Å². The first-order chi connectivity index (χ1) is 11.9. The van der Waals surface area contributed by atoms with Crippen molar-refractivity contribution in [2.24, 2.45) is 0 Å². The van der Waals surface area contributed by atoms with Crippen molar-refractivity contribution in [3.05, 3.63) is 47.5 Å². The topological polar surface area (TPSA) is 73.9 Å². The highest BCUT2D eigenvalue weighted by Crippen LogP contribution is 2.35. The van der Waals surface area contributed by atoms with Crippen molar-refractivity contribution in [3.63, 3.8) is 0 Å². The Morgan fingerprint density at radius 1 is 1.00 bits per heavy atom. The summed E-state index contributed by atoms with van der Waals surface area (Å²) in [6, 6.07) is 10.4. The van der Waals surface area contributed by atoms with Gasteiger partial charge in [-0.1, -0.05) is 18.2 Å². The lowest BCUT2D eigenvalue weighted by molar-refractivity contribution is 0.345. The molecule has 0 bridgehead atoms. The van der Waals surface area contributed by atoms with Crippen LogP contribution in [0.3, 0.4) is 0 Å². The Kier molecular flexibility index (Phi) is 6.27. The predicted molar refractivity (Wildman–Crippen MR) is 96.2 cm³/mol. The van der Waals surface area contributed by atoms with Crippen LogP contribution in [0.2, 0.25) is 0 Å². The standard InChI is InChI=1S/C18H23NO5S/c1-13-7-5-6-8-17(13)25(20,21)19-10-9-14-11-15(22-2)12-16(23-3)18(14)24-4/h5-8,11-12,19H,9-10H2,1-4H3. The summed E-state index contributed by atoms with van der Waals surface area (Å²) in [5.41, 5.74) is 1.50. The largest absolute Gasteiger partial charge is 0.497 e. The van der Waals surface area contributed by atoms with Crippen LogP contribution in [0.25, 0.3) is 0 Å². The highest BCUT2D eigenvalue weighted by Gasteiger charge is 2.17. The minimum Gasteiger partial charge on any atom is -0.497 e. The van der Waals surface area contributed by atoms with Gasteiger partial charge in [-0.2, -0.15) is 0 Å². The monoisotopic (exact) mass is 365 g/mol. The van der Waals surface area contributed by atoms with E-state index in [0.717, 1.165) is 5.56 Å². The SMILES string of the molecule is COc1cc(CCNS(=O)(=O)c2ccccc2C)c(OC)c(OC)c1. The van der Waals surface area contributed by atoms with E-state index in [1.807, 2.05) is 12.1 Å². The fraction of sp³-hybridized carbons (Fsp3) is 0.333. The van der Waals surface area contributed by atoms with E-state index in [4.69, 9.17) is 14.2 Å². The van der Waals surface area contributed by atoms with Crippen molar-refractivity contribution >= 4 is 10.0 Å². The second kappa shape index (κ2) is 8.22. The summed E-state index contributed by atoms with van der Waals surface area (Å²) in [5.74, 6) is 1.73. The Bertz CT molecular complexity index is 833. The van der Waals surface area contributed by atoms with Gasteiger partial charge in [-0.3, -0.25) is 0 Å². The molecule has 0 spiro atoms. The molecule has 0 saturated carbocycles. The number of nitrogens with one attached hydrogen (secondary N) is 1. The maximum Gasteiger partial charge on any atom is 0.240 e. The average molecular weight is 365 g/mol. The van der Waals surface area contributed by atoms with E-state index in [1.165, 1.54) is 0 Å². The second-order valence-corrected chi connectivity index (χ2v) is 7.17. The molecule has 0 unspecified atom stereocenters. The third-order valence-electron chi connectivity index (χ3n) is 3.83. The minimum absolute atomic E-state index is 0.226. The summed E-state index contributed by atoms with van der Waals surface area (Å²) >= 11 is 0. The molecule has 0 amide bonds.